The molecule has 0 saturated carbocycles. The summed E-state index contributed by atoms with van der Waals surface area (Å²) in [5.74, 6) is 0.475. The lowest BCUT2D eigenvalue weighted by molar-refractivity contribution is 0.184. The van der Waals surface area contributed by atoms with Crippen LogP contribution < -0.4 is 11.1 Å². The summed E-state index contributed by atoms with van der Waals surface area (Å²) in [5, 5.41) is 3.15. The lowest BCUT2D eigenvalue weighted by atomic mass is 10.1. The van der Waals surface area contributed by atoms with Gasteiger partial charge in [0, 0.05) is 13.7 Å². The second kappa shape index (κ2) is 11.0. The smallest absolute Gasteiger partial charge is 0.188 e. The van der Waals surface area contributed by atoms with Crippen LogP contribution in [0.25, 0.3) is 0 Å². The number of aliphatic imine (C=N–C) groups is 1. The molecule has 0 atom stereocenters. The number of hydrogen-bond donors (Lipinski definition) is 2. The van der Waals surface area contributed by atoms with E-state index in [0.29, 0.717) is 19.1 Å². The Bertz CT molecular complexity index is 602. The summed E-state index contributed by atoms with van der Waals surface area (Å²) in [7, 11) is 1.69. The Labute approximate surface area is 155 Å². The van der Waals surface area contributed by atoms with Crippen molar-refractivity contribution in [2.75, 3.05) is 13.7 Å². The molecule has 0 radical (unpaired) electrons. The topological polar surface area (TPSA) is 59.6 Å². The minimum Gasteiger partial charge on any atom is -0.380 e. The summed E-state index contributed by atoms with van der Waals surface area (Å²) >= 11 is 0. The Hall–Kier alpha value is -1.60. The molecule has 0 saturated heterocycles. The largest absolute Gasteiger partial charge is 0.380 e. The standard InChI is InChI=1S/C18H23N3O.HI/c1-22-14-17-10-6-5-9-16(17)13-21-18(19)20-12-11-15-7-3-2-4-8-15;/h2-10H,11-14H2,1H3,(H3,19,20,21);1H. The van der Waals surface area contributed by atoms with Crippen LogP contribution in [0.5, 0.6) is 0 Å². The van der Waals surface area contributed by atoms with Crippen LogP contribution in [0.15, 0.2) is 59.6 Å². The van der Waals surface area contributed by atoms with Gasteiger partial charge in [0.25, 0.3) is 0 Å². The van der Waals surface area contributed by atoms with Crippen molar-refractivity contribution in [1.29, 1.82) is 0 Å². The lowest BCUT2D eigenvalue weighted by Gasteiger charge is -2.08. The van der Waals surface area contributed by atoms with E-state index in [9.17, 15) is 0 Å². The number of ether oxygens (including phenoxy) is 1. The molecule has 0 aliphatic rings. The number of halogens is 1. The third-order valence-electron chi connectivity index (χ3n) is 3.40. The van der Waals surface area contributed by atoms with E-state index in [1.54, 1.807) is 7.11 Å². The predicted molar refractivity (Wildman–Crippen MR) is 106 cm³/mol. The summed E-state index contributed by atoms with van der Waals surface area (Å²) in [6.07, 6.45) is 0.928. The minimum atomic E-state index is 0. The first-order chi connectivity index (χ1) is 10.8. The highest BCUT2D eigenvalue weighted by molar-refractivity contribution is 14.0. The highest BCUT2D eigenvalue weighted by Crippen LogP contribution is 2.10. The number of benzene rings is 2. The molecule has 0 amide bonds. The average Bonchev–Trinajstić information content (AvgIpc) is 2.55. The van der Waals surface area contributed by atoms with Gasteiger partial charge in [0.2, 0.25) is 0 Å². The Morgan fingerprint density at radius 2 is 1.70 bits per heavy atom. The van der Waals surface area contributed by atoms with E-state index in [-0.39, 0.29) is 24.0 Å². The monoisotopic (exact) mass is 425 g/mol. The second-order valence-electron chi connectivity index (χ2n) is 5.07. The summed E-state index contributed by atoms with van der Waals surface area (Å²) < 4.78 is 5.19. The molecule has 0 fully saturated rings. The van der Waals surface area contributed by atoms with Crippen molar-refractivity contribution in [2.24, 2.45) is 10.7 Å². The van der Waals surface area contributed by atoms with E-state index in [1.807, 2.05) is 36.4 Å². The van der Waals surface area contributed by atoms with Crippen LogP contribution in [0.2, 0.25) is 0 Å². The van der Waals surface area contributed by atoms with Gasteiger partial charge in [0.05, 0.1) is 13.2 Å². The van der Waals surface area contributed by atoms with Gasteiger partial charge in [-0.2, -0.15) is 0 Å². The number of methoxy groups -OCH3 is 1. The van der Waals surface area contributed by atoms with Gasteiger partial charge < -0.3 is 15.8 Å². The summed E-state index contributed by atoms with van der Waals surface area (Å²) in [6.45, 7) is 1.93. The first-order valence-corrected chi connectivity index (χ1v) is 7.43. The van der Waals surface area contributed by atoms with Crippen molar-refractivity contribution in [2.45, 2.75) is 19.6 Å². The molecular formula is C18H24IN3O. The number of rotatable bonds is 7. The lowest BCUT2D eigenvalue weighted by Crippen LogP contribution is -2.33. The number of guanidine groups is 1. The van der Waals surface area contributed by atoms with Crippen LogP contribution in [-0.4, -0.2) is 19.6 Å². The van der Waals surface area contributed by atoms with E-state index < -0.39 is 0 Å². The molecule has 2 aromatic carbocycles. The fourth-order valence-corrected chi connectivity index (χ4v) is 2.21. The minimum absolute atomic E-state index is 0. The first kappa shape index (κ1) is 19.4. The zero-order valence-corrected chi connectivity index (χ0v) is 15.7. The predicted octanol–water partition coefficient (Wildman–Crippen LogP) is 3.10. The summed E-state index contributed by atoms with van der Waals surface area (Å²) in [5.41, 5.74) is 9.48. The van der Waals surface area contributed by atoms with E-state index >= 15 is 0 Å². The molecular weight excluding hydrogens is 401 g/mol. The molecule has 5 heteroatoms. The Morgan fingerprint density at radius 3 is 2.39 bits per heavy atom. The quantitative estimate of drug-likeness (QED) is 0.407. The van der Waals surface area contributed by atoms with Crippen LogP contribution in [0.3, 0.4) is 0 Å². The second-order valence-corrected chi connectivity index (χ2v) is 5.07. The van der Waals surface area contributed by atoms with Gasteiger partial charge >= 0.3 is 0 Å². The van der Waals surface area contributed by atoms with Gasteiger partial charge in [-0.05, 0) is 23.1 Å². The number of nitrogens with zero attached hydrogens (tertiary/aromatic N) is 1. The fourth-order valence-electron chi connectivity index (χ4n) is 2.21. The zero-order chi connectivity index (χ0) is 15.6. The molecule has 124 valence electrons. The maximum atomic E-state index is 5.92. The molecule has 2 aromatic rings. The van der Waals surface area contributed by atoms with Crippen molar-refractivity contribution >= 4 is 29.9 Å². The van der Waals surface area contributed by atoms with Gasteiger partial charge in [0.15, 0.2) is 5.96 Å². The third kappa shape index (κ3) is 7.00. The van der Waals surface area contributed by atoms with E-state index in [4.69, 9.17) is 10.5 Å². The van der Waals surface area contributed by atoms with Crippen LogP contribution in [0, 0.1) is 0 Å². The van der Waals surface area contributed by atoms with Crippen LogP contribution in [-0.2, 0) is 24.3 Å². The molecule has 23 heavy (non-hydrogen) atoms. The molecule has 0 aliphatic heterocycles. The van der Waals surface area contributed by atoms with E-state index in [2.05, 4.69) is 28.5 Å². The van der Waals surface area contributed by atoms with Crippen molar-refractivity contribution in [1.82, 2.24) is 5.32 Å². The molecule has 4 nitrogen and oxygen atoms in total. The fraction of sp³-hybridized carbons (Fsp3) is 0.278. The Morgan fingerprint density at radius 1 is 1.04 bits per heavy atom. The van der Waals surface area contributed by atoms with Gasteiger partial charge in [0.1, 0.15) is 0 Å². The number of nitrogens with one attached hydrogen (secondary N) is 1. The Kier molecular flexibility index (Phi) is 9.31. The number of nitrogens with two attached hydrogens (primary N) is 1. The van der Waals surface area contributed by atoms with Crippen molar-refractivity contribution in [3.8, 4) is 0 Å². The van der Waals surface area contributed by atoms with Crippen LogP contribution >= 0.6 is 24.0 Å². The highest BCUT2D eigenvalue weighted by Gasteiger charge is 2.01. The van der Waals surface area contributed by atoms with Gasteiger partial charge in [-0.1, -0.05) is 54.6 Å². The molecule has 3 N–H and O–H groups in total. The van der Waals surface area contributed by atoms with E-state index in [0.717, 1.165) is 24.1 Å². The molecule has 0 aliphatic carbocycles. The molecule has 0 aromatic heterocycles. The van der Waals surface area contributed by atoms with Gasteiger partial charge in [-0.25, -0.2) is 4.99 Å². The molecule has 0 spiro atoms. The Balaban J connectivity index is 0.00000264. The van der Waals surface area contributed by atoms with Gasteiger partial charge in [-0.15, -0.1) is 24.0 Å². The SMILES string of the molecule is COCc1ccccc1CN=C(N)NCCc1ccccc1.I. The molecule has 0 bridgehead atoms. The molecule has 2 rings (SSSR count). The van der Waals surface area contributed by atoms with Crippen molar-refractivity contribution in [3.05, 3.63) is 71.3 Å². The maximum absolute atomic E-state index is 5.92. The summed E-state index contributed by atoms with van der Waals surface area (Å²) in [4.78, 5) is 4.40. The number of hydrogen-bond acceptors (Lipinski definition) is 2. The van der Waals surface area contributed by atoms with Crippen LogP contribution in [0.4, 0.5) is 0 Å². The van der Waals surface area contributed by atoms with Crippen molar-refractivity contribution < 1.29 is 4.74 Å². The third-order valence-corrected chi connectivity index (χ3v) is 3.40. The molecule has 0 unspecified atom stereocenters. The first-order valence-electron chi connectivity index (χ1n) is 7.43. The van der Waals surface area contributed by atoms with Crippen molar-refractivity contribution in [3.63, 3.8) is 0 Å². The average molecular weight is 425 g/mol. The maximum Gasteiger partial charge on any atom is 0.188 e. The summed E-state index contributed by atoms with van der Waals surface area (Å²) in [6, 6.07) is 18.4. The van der Waals surface area contributed by atoms with E-state index in [1.165, 1.54) is 5.56 Å². The highest BCUT2D eigenvalue weighted by atomic mass is 127. The zero-order valence-electron chi connectivity index (χ0n) is 13.4. The van der Waals surface area contributed by atoms with Crippen LogP contribution in [0.1, 0.15) is 16.7 Å². The normalized spacial score (nSPS) is 10.9. The van der Waals surface area contributed by atoms with Gasteiger partial charge in [-0.3, -0.25) is 0 Å². The molecule has 0 heterocycles.